The molecular formula is C16H19N3O2. The molecule has 21 heavy (non-hydrogen) atoms. The van der Waals surface area contributed by atoms with Crippen molar-refractivity contribution in [2.75, 3.05) is 5.32 Å². The van der Waals surface area contributed by atoms with Gasteiger partial charge >= 0.3 is 0 Å². The standard InChI is InChI=1S/C16H19N3O2/c1-11-4-2-5-12(10-11)18-14-7-8-15(19(20)21)13-6-3-9-17-16(13)14/h3,6-9,11-12,18H,2,4-5,10H2,1H3. The van der Waals surface area contributed by atoms with Gasteiger partial charge in [0, 0.05) is 18.3 Å². The molecule has 1 saturated carbocycles. The first-order chi connectivity index (χ1) is 10.1. The van der Waals surface area contributed by atoms with Crippen molar-refractivity contribution in [2.24, 2.45) is 5.92 Å². The third-order valence-electron chi connectivity index (χ3n) is 4.24. The highest BCUT2D eigenvalue weighted by Gasteiger charge is 2.21. The Hall–Kier alpha value is -2.17. The van der Waals surface area contributed by atoms with Crippen LogP contribution in [0.2, 0.25) is 0 Å². The highest BCUT2D eigenvalue weighted by atomic mass is 16.6. The number of hydrogen-bond donors (Lipinski definition) is 1. The zero-order valence-electron chi connectivity index (χ0n) is 12.1. The molecule has 1 heterocycles. The quantitative estimate of drug-likeness (QED) is 0.680. The van der Waals surface area contributed by atoms with E-state index in [9.17, 15) is 10.1 Å². The predicted molar refractivity (Wildman–Crippen MR) is 83.4 cm³/mol. The zero-order chi connectivity index (χ0) is 14.8. The van der Waals surface area contributed by atoms with Crippen LogP contribution < -0.4 is 5.32 Å². The minimum absolute atomic E-state index is 0.112. The van der Waals surface area contributed by atoms with Gasteiger partial charge in [0.25, 0.3) is 5.69 Å². The van der Waals surface area contributed by atoms with E-state index in [4.69, 9.17) is 0 Å². The van der Waals surface area contributed by atoms with Gasteiger partial charge in [0.15, 0.2) is 0 Å². The van der Waals surface area contributed by atoms with Crippen molar-refractivity contribution in [3.8, 4) is 0 Å². The second kappa shape index (κ2) is 5.68. The lowest BCUT2D eigenvalue weighted by molar-refractivity contribution is -0.383. The SMILES string of the molecule is CC1CCCC(Nc2ccc([N+](=O)[O-])c3cccnc23)C1. The van der Waals surface area contributed by atoms with Crippen LogP contribution in [0.5, 0.6) is 0 Å². The summed E-state index contributed by atoms with van der Waals surface area (Å²) >= 11 is 0. The maximum absolute atomic E-state index is 11.1. The molecule has 110 valence electrons. The largest absolute Gasteiger partial charge is 0.381 e. The van der Waals surface area contributed by atoms with Gasteiger partial charge in [-0.15, -0.1) is 0 Å². The summed E-state index contributed by atoms with van der Waals surface area (Å²) in [6.07, 6.45) is 6.50. The van der Waals surface area contributed by atoms with Crippen molar-refractivity contribution in [1.29, 1.82) is 0 Å². The van der Waals surface area contributed by atoms with Crippen molar-refractivity contribution in [3.05, 3.63) is 40.6 Å². The lowest BCUT2D eigenvalue weighted by atomic mass is 9.87. The van der Waals surface area contributed by atoms with E-state index in [0.29, 0.717) is 16.9 Å². The summed E-state index contributed by atoms with van der Waals surface area (Å²) in [5.74, 6) is 0.730. The number of fused-ring (bicyclic) bond motifs is 1. The first kappa shape index (κ1) is 13.8. The molecule has 1 fully saturated rings. The van der Waals surface area contributed by atoms with Gasteiger partial charge in [0.05, 0.1) is 16.0 Å². The average molecular weight is 285 g/mol. The number of nitrogens with zero attached hydrogens (tertiary/aromatic N) is 2. The Kier molecular flexibility index (Phi) is 3.73. The van der Waals surface area contributed by atoms with E-state index in [1.54, 1.807) is 30.5 Å². The smallest absolute Gasteiger partial charge is 0.278 e. The van der Waals surface area contributed by atoms with Crippen molar-refractivity contribution in [2.45, 2.75) is 38.6 Å². The molecule has 5 heteroatoms. The molecule has 0 saturated heterocycles. The first-order valence-corrected chi connectivity index (χ1v) is 7.44. The van der Waals surface area contributed by atoms with Crippen LogP contribution >= 0.6 is 0 Å². The minimum Gasteiger partial charge on any atom is -0.381 e. The Bertz CT molecular complexity index is 672. The van der Waals surface area contributed by atoms with Gasteiger partial charge in [0.2, 0.25) is 0 Å². The summed E-state index contributed by atoms with van der Waals surface area (Å²) in [5, 5.41) is 15.2. The van der Waals surface area contributed by atoms with Crippen LogP contribution in [-0.4, -0.2) is 15.9 Å². The number of pyridine rings is 1. The lowest BCUT2D eigenvalue weighted by Gasteiger charge is -2.28. The number of non-ortho nitro benzene ring substituents is 1. The lowest BCUT2D eigenvalue weighted by Crippen LogP contribution is -2.26. The van der Waals surface area contributed by atoms with Crippen LogP contribution in [0.1, 0.15) is 32.6 Å². The van der Waals surface area contributed by atoms with E-state index in [1.807, 2.05) is 0 Å². The summed E-state index contributed by atoms with van der Waals surface area (Å²) in [4.78, 5) is 15.1. The highest BCUT2D eigenvalue weighted by Crippen LogP contribution is 2.32. The van der Waals surface area contributed by atoms with Gasteiger partial charge in [-0.1, -0.05) is 19.8 Å². The van der Waals surface area contributed by atoms with Gasteiger partial charge < -0.3 is 5.32 Å². The normalized spacial score (nSPS) is 22.1. The van der Waals surface area contributed by atoms with Crippen LogP contribution in [0.3, 0.4) is 0 Å². The molecule has 2 unspecified atom stereocenters. The Morgan fingerprint density at radius 3 is 2.95 bits per heavy atom. The monoisotopic (exact) mass is 285 g/mol. The molecule has 1 N–H and O–H groups in total. The molecular weight excluding hydrogens is 266 g/mol. The van der Waals surface area contributed by atoms with Crippen LogP contribution in [0.15, 0.2) is 30.5 Å². The second-order valence-corrected chi connectivity index (χ2v) is 5.90. The fourth-order valence-corrected chi connectivity index (χ4v) is 3.22. The maximum Gasteiger partial charge on any atom is 0.278 e. The van der Waals surface area contributed by atoms with Crippen LogP contribution in [0.4, 0.5) is 11.4 Å². The van der Waals surface area contributed by atoms with Gasteiger partial charge in [-0.25, -0.2) is 0 Å². The Balaban J connectivity index is 1.96. The van der Waals surface area contributed by atoms with Crippen LogP contribution in [-0.2, 0) is 0 Å². The molecule has 2 atom stereocenters. The average Bonchev–Trinajstić information content (AvgIpc) is 2.47. The number of rotatable bonds is 3. The van der Waals surface area contributed by atoms with Crippen LogP contribution in [0.25, 0.3) is 10.9 Å². The van der Waals surface area contributed by atoms with E-state index in [2.05, 4.69) is 17.2 Å². The van der Waals surface area contributed by atoms with E-state index in [1.165, 1.54) is 12.8 Å². The van der Waals surface area contributed by atoms with E-state index >= 15 is 0 Å². The van der Waals surface area contributed by atoms with E-state index in [0.717, 1.165) is 24.4 Å². The third-order valence-corrected chi connectivity index (χ3v) is 4.24. The minimum atomic E-state index is -0.351. The molecule has 0 spiro atoms. The van der Waals surface area contributed by atoms with Crippen LogP contribution in [0, 0.1) is 16.0 Å². The number of aromatic nitrogens is 1. The van der Waals surface area contributed by atoms with Gasteiger partial charge in [-0.05, 0) is 37.0 Å². The number of nitro benzene ring substituents is 1. The maximum atomic E-state index is 11.1. The summed E-state index contributed by atoms with van der Waals surface area (Å²) < 4.78 is 0. The summed E-state index contributed by atoms with van der Waals surface area (Å²) in [5.41, 5.74) is 1.70. The molecule has 0 radical (unpaired) electrons. The van der Waals surface area contributed by atoms with Crippen molar-refractivity contribution >= 4 is 22.3 Å². The van der Waals surface area contributed by atoms with Gasteiger partial charge in [-0.2, -0.15) is 0 Å². The summed E-state index contributed by atoms with van der Waals surface area (Å²) in [7, 11) is 0. The number of benzene rings is 1. The van der Waals surface area contributed by atoms with Gasteiger partial charge in [0.1, 0.15) is 5.52 Å². The first-order valence-electron chi connectivity index (χ1n) is 7.44. The molecule has 5 nitrogen and oxygen atoms in total. The van der Waals surface area contributed by atoms with Crippen molar-refractivity contribution in [3.63, 3.8) is 0 Å². The fraction of sp³-hybridized carbons (Fsp3) is 0.438. The van der Waals surface area contributed by atoms with Gasteiger partial charge in [-0.3, -0.25) is 15.1 Å². The summed E-state index contributed by atoms with van der Waals surface area (Å²) in [6.45, 7) is 2.28. The molecule has 0 amide bonds. The molecule has 1 aliphatic rings. The number of nitro groups is 1. The van der Waals surface area contributed by atoms with E-state index in [-0.39, 0.29) is 10.6 Å². The number of nitrogens with one attached hydrogen (secondary N) is 1. The molecule has 2 aromatic rings. The molecule has 0 bridgehead atoms. The Morgan fingerprint density at radius 2 is 2.19 bits per heavy atom. The Morgan fingerprint density at radius 1 is 1.33 bits per heavy atom. The predicted octanol–water partition coefficient (Wildman–Crippen LogP) is 4.13. The highest BCUT2D eigenvalue weighted by molar-refractivity contribution is 5.96. The summed E-state index contributed by atoms with van der Waals surface area (Å²) in [6, 6.07) is 7.28. The fourth-order valence-electron chi connectivity index (χ4n) is 3.22. The third kappa shape index (κ3) is 2.82. The number of hydrogen-bond acceptors (Lipinski definition) is 4. The zero-order valence-corrected chi connectivity index (χ0v) is 12.1. The second-order valence-electron chi connectivity index (χ2n) is 5.90. The molecule has 1 aromatic carbocycles. The molecule has 1 aromatic heterocycles. The Labute approximate surface area is 123 Å². The van der Waals surface area contributed by atoms with Crippen molar-refractivity contribution < 1.29 is 4.92 Å². The topological polar surface area (TPSA) is 68.1 Å². The van der Waals surface area contributed by atoms with Crippen molar-refractivity contribution in [1.82, 2.24) is 4.98 Å². The molecule has 0 aliphatic heterocycles. The molecule has 1 aliphatic carbocycles. The number of anilines is 1. The molecule has 3 rings (SSSR count). The van der Waals surface area contributed by atoms with E-state index < -0.39 is 0 Å².